The van der Waals surface area contributed by atoms with Crippen LogP contribution in [0.1, 0.15) is 15.9 Å². The molecule has 0 saturated carbocycles. The zero-order valence-corrected chi connectivity index (χ0v) is 11.8. The van der Waals surface area contributed by atoms with Gasteiger partial charge < -0.3 is 5.73 Å². The molecule has 3 nitrogen and oxygen atoms in total. The number of alkyl halides is 3. The van der Waals surface area contributed by atoms with Gasteiger partial charge in [-0.3, -0.25) is 4.79 Å². The molecule has 3 rings (SSSR count). The van der Waals surface area contributed by atoms with Crippen LogP contribution in [-0.2, 0) is 6.18 Å². The smallest absolute Gasteiger partial charge is 0.366 e. The summed E-state index contributed by atoms with van der Waals surface area (Å²) in [6.07, 6.45) is -4.53. The monoisotopic (exact) mass is 322 g/mol. The summed E-state index contributed by atoms with van der Waals surface area (Å²) in [6, 6.07) is 7.98. The van der Waals surface area contributed by atoms with E-state index in [1.54, 1.807) is 23.7 Å². The minimum atomic E-state index is -4.53. The van der Waals surface area contributed by atoms with Gasteiger partial charge in [-0.05, 0) is 41.5 Å². The number of aromatic nitrogens is 1. The summed E-state index contributed by atoms with van der Waals surface area (Å²) in [4.78, 5) is 15.3. The lowest BCUT2D eigenvalue weighted by molar-refractivity contribution is -0.137. The van der Waals surface area contributed by atoms with Gasteiger partial charge in [-0.1, -0.05) is 6.07 Å². The maximum atomic E-state index is 13.2. The van der Waals surface area contributed by atoms with Crippen LogP contribution < -0.4 is 5.73 Å². The van der Waals surface area contributed by atoms with Crippen molar-refractivity contribution in [2.75, 3.05) is 0 Å². The molecule has 0 saturated heterocycles. The highest BCUT2D eigenvalue weighted by molar-refractivity contribution is 7.16. The van der Waals surface area contributed by atoms with Crippen molar-refractivity contribution in [2.24, 2.45) is 5.73 Å². The van der Waals surface area contributed by atoms with Crippen LogP contribution in [0, 0.1) is 0 Å². The van der Waals surface area contributed by atoms with Crippen LogP contribution in [0.5, 0.6) is 0 Å². The average Bonchev–Trinajstić information content (AvgIpc) is 2.92. The quantitative estimate of drug-likeness (QED) is 0.773. The second-order valence-electron chi connectivity index (χ2n) is 4.66. The van der Waals surface area contributed by atoms with E-state index in [9.17, 15) is 18.0 Å². The van der Waals surface area contributed by atoms with Crippen molar-refractivity contribution in [3.8, 4) is 11.1 Å². The van der Waals surface area contributed by atoms with Gasteiger partial charge in [-0.15, -0.1) is 11.3 Å². The van der Waals surface area contributed by atoms with Crippen LogP contribution in [0.15, 0.2) is 41.9 Å². The number of primary amides is 1. The van der Waals surface area contributed by atoms with Crippen molar-refractivity contribution in [3.05, 3.63) is 53.0 Å². The number of rotatable bonds is 2. The van der Waals surface area contributed by atoms with Gasteiger partial charge in [0.2, 0.25) is 5.91 Å². The number of carbonyl (C=O) groups excluding carboxylic acids is 1. The Morgan fingerprint density at radius 1 is 1.14 bits per heavy atom. The van der Waals surface area contributed by atoms with Gasteiger partial charge in [-0.2, -0.15) is 13.2 Å². The normalized spacial score (nSPS) is 11.8. The summed E-state index contributed by atoms with van der Waals surface area (Å²) in [5.41, 5.74) is 6.87. The van der Waals surface area contributed by atoms with Crippen LogP contribution in [0.4, 0.5) is 13.2 Å². The van der Waals surface area contributed by atoms with Gasteiger partial charge >= 0.3 is 6.18 Å². The fraction of sp³-hybridized carbons (Fsp3) is 0.0667. The van der Waals surface area contributed by atoms with E-state index < -0.39 is 17.6 Å². The molecule has 1 heterocycles. The van der Waals surface area contributed by atoms with Gasteiger partial charge in [0.25, 0.3) is 0 Å². The number of carbonyl (C=O) groups is 1. The lowest BCUT2D eigenvalue weighted by Gasteiger charge is -2.14. The highest BCUT2D eigenvalue weighted by Gasteiger charge is 2.34. The number of amides is 1. The number of halogens is 3. The first-order valence-electron chi connectivity index (χ1n) is 6.21. The summed E-state index contributed by atoms with van der Waals surface area (Å²) in [6.45, 7) is 0. The molecular weight excluding hydrogens is 313 g/mol. The standard InChI is InChI=1S/C15H9F3N2OS/c16-15(17,18)11-3-1-9(14(19)21)5-10(11)8-2-4-13-12(6-8)20-7-22-13/h1-7H,(H2,19,21). The number of hydrogen-bond acceptors (Lipinski definition) is 3. The Hall–Kier alpha value is -2.41. The highest BCUT2D eigenvalue weighted by atomic mass is 32.1. The molecule has 0 fully saturated rings. The van der Waals surface area contributed by atoms with E-state index in [1.807, 2.05) is 0 Å². The van der Waals surface area contributed by atoms with Crippen molar-refractivity contribution in [2.45, 2.75) is 6.18 Å². The van der Waals surface area contributed by atoms with Crippen molar-refractivity contribution in [1.29, 1.82) is 0 Å². The lowest BCUT2D eigenvalue weighted by Crippen LogP contribution is -2.13. The average molecular weight is 322 g/mol. The van der Waals surface area contributed by atoms with Crippen molar-refractivity contribution >= 4 is 27.5 Å². The van der Waals surface area contributed by atoms with E-state index in [2.05, 4.69) is 4.98 Å². The molecular formula is C15H9F3N2OS. The van der Waals surface area contributed by atoms with Crippen molar-refractivity contribution in [3.63, 3.8) is 0 Å². The Kier molecular flexibility index (Phi) is 3.37. The summed E-state index contributed by atoms with van der Waals surface area (Å²) >= 11 is 1.40. The Morgan fingerprint density at radius 2 is 1.91 bits per heavy atom. The van der Waals surface area contributed by atoms with Crippen molar-refractivity contribution in [1.82, 2.24) is 4.98 Å². The molecule has 0 radical (unpaired) electrons. The van der Waals surface area contributed by atoms with Gasteiger partial charge in [0.05, 0.1) is 21.3 Å². The maximum Gasteiger partial charge on any atom is 0.417 e. The molecule has 0 aliphatic rings. The van der Waals surface area contributed by atoms with Crippen LogP contribution in [0.25, 0.3) is 21.3 Å². The summed E-state index contributed by atoms with van der Waals surface area (Å²) in [5, 5.41) is 0. The summed E-state index contributed by atoms with van der Waals surface area (Å²) in [7, 11) is 0. The third kappa shape index (κ3) is 2.55. The predicted octanol–water partition coefficient (Wildman–Crippen LogP) is 4.08. The van der Waals surface area contributed by atoms with Gasteiger partial charge in [-0.25, -0.2) is 4.98 Å². The van der Waals surface area contributed by atoms with E-state index in [0.29, 0.717) is 11.1 Å². The minimum Gasteiger partial charge on any atom is -0.366 e. The van der Waals surface area contributed by atoms with Crippen LogP contribution in [0.3, 0.4) is 0 Å². The van der Waals surface area contributed by atoms with E-state index in [0.717, 1.165) is 16.8 Å². The molecule has 2 N–H and O–H groups in total. The Bertz CT molecular complexity index is 871. The van der Waals surface area contributed by atoms with Gasteiger partial charge in [0, 0.05) is 5.56 Å². The number of thiazole rings is 1. The molecule has 0 bridgehead atoms. The number of nitrogens with two attached hydrogens (primary N) is 1. The zero-order chi connectivity index (χ0) is 15.9. The molecule has 0 aliphatic carbocycles. The number of benzene rings is 2. The van der Waals surface area contributed by atoms with Gasteiger partial charge in [0.15, 0.2) is 0 Å². The molecule has 7 heteroatoms. The molecule has 0 unspecified atom stereocenters. The van der Waals surface area contributed by atoms with E-state index in [1.165, 1.54) is 17.4 Å². The first-order valence-corrected chi connectivity index (χ1v) is 7.09. The van der Waals surface area contributed by atoms with E-state index in [-0.39, 0.29) is 11.1 Å². The minimum absolute atomic E-state index is 0.0291. The molecule has 0 atom stereocenters. The molecule has 22 heavy (non-hydrogen) atoms. The van der Waals surface area contributed by atoms with Crippen molar-refractivity contribution < 1.29 is 18.0 Å². The molecule has 112 valence electrons. The Balaban J connectivity index is 2.25. The van der Waals surface area contributed by atoms with Crippen LogP contribution >= 0.6 is 11.3 Å². The molecule has 0 aliphatic heterocycles. The largest absolute Gasteiger partial charge is 0.417 e. The first-order chi connectivity index (χ1) is 10.4. The Labute approximate surface area is 127 Å². The molecule has 3 aromatic rings. The predicted molar refractivity (Wildman–Crippen MR) is 78.6 cm³/mol. The fourth-order valence-corrected chi connectivity index (χ4v) is 2.87. The van der Waals surface area contributed by atoms with Gasteiger partial charge in [0.1, 0.15) is 0 Å². The first kappa shape index (κ1) is 14.5. The third-order valence-electron chi connectivity index (χ3n) is 3.25. The second kappa shape index (κ2) is 5.10. The van der Waals surface area contributed by atoms with E-state index >= 15 is 0 Å². The topological polar surface area (TPSA) is 56.0 Å². The molecule has 1 aromatic heterocycles. The molecule has 2 aromatic carbocycles. The highest BCUT2D eigenvalue weighted by Crippen LogP contribution is 2.38. The van der Waals surface area contributed by atoms with E-state index in [4.69, 9.17) is 5.73 Å². The zero-order valence-electron chi connectivity index (χ0n) is 11.0. The van der Waals surface area contributed by atoms with Crippen LogP contribution in [0.2, 0.25) is 0 Å². The summed E-state index contributed by atoms with van der Waals surface area (Å²) < 4.78 is 40.5. The SMILES string of the molecule is NC(=O)c1ccc(C(F)(F)F)c(-c2ccc3scnc3c2)c1. The number of nitrogens with zero attached hydrogens (tertiary/aromatic N) is 1. The lowest BCUT2D eigenvalue weighted by atomic mass is 9.96. The number of hydrogen-bond donors (Lipinski definition) is 1. The van der Waals surface area contributed by atoms with Crippen LogP contribution in [-0.4, -0.2) is 10.9 Å². The Morgan fingerprint density at radius 3 is 2.59 bits per heavy atom. The molecule has 0 spiro atoms. The second-order valence-corrected chi connectivity index (χ2v) is 5.54. The molecule has 1 amide bonds. The number of fused-ring (bicyclic) bond motifs is 1. The maximum absolute atomic E-state index is 13.2. The summed E-state index contributed by atoms with van der Waals surface area (Å²) in [5.74, 6) is -0.773. The fourth-order valence-electron chi connectivity index (χ4n) is 2.21. The third-order valence-corrected chi connectivity index (χ3v) is 4.06.